The molecule has 1 aromatic carbocycles. The van der Waals surface area contributed by atoms with Crippen molar-refractivity contribution in [2.75, 3.05) is 14.2 Å². The Labute approximate surface area is 110 Å². The number of carbonyl (C=O) groups is 1. The van der Waals surface area contributed by atoms with Crippen LogP contribution >= 0.6 is 15.9 Å². The first-order valence-electron chi connectivity index (χ1n) is 5.44. The standard InChI is InChI=1S/C13H17BrO3/c1-8(2)5-11(15)13-10(14)6-9(16-3)7-12(13)17-4/h6-8H,5H2,1-4H3. The Morgan fingerprint density at radius 2 is 1.94 bits per heavy atom. The maximum absolute atomic E-state index is 12.1. The molecule has 1 rings (SSSR count). The first kappa shape index (κ1) is 14.0. The molecule has 3 nitrogen and oxygen atoms in total. The Morgan fingerprint density at radius 3 is 2.41 bits per heavy atom. The second-order valence-corrected chi connectivity index (χ2v) is 5.06. The van der Waals surface area contributed by atoms with Gasteiger partial charge in [0.15, 0.2) is 5.78 Å². The summed E-state index contributed by atoms with van der Waals surface area (Å²) in [6, 6.07) is 3.49. The quantitative estimate of drug-likeness (QED) is 0.778. The number of halogens is 1. The largest absolute Gasteiger partial charge is 0.497 e. The van der Waals surface area contributed by atoms with E-state index >= 15 is 0 Å². The fourth-order valence-electron chi connectivity index (χ4n) is 1.58. The SMILES string of the molecule is COc1cc(Br)c(C(=O)CC(C)C)c(OC)c1. The zero-order valence-corrected chi connectivity index (χ0v) is 12.1. The second kappa shape index (κ2) is 6.05. The third-order valence-electron chi connectivity index (χ3n) is 2.36. The minimum Gasteiger partial charge on any atom is -0.497 e. The van der Waals surface area contributed by atoms with Gasteiger partial charge in [0.25, 0.3) is 0 Å². The molecule has 0 spiro atoms. The van der Waals surface area contributed by atoms with Crippen LogP contribution in [-0.2, 0) is 0 Å². The topological polar surface area (TPSA) is 35.5 Å². The number of ether oxygens (including phenoxy) is 2. The van der Waals surface area contributed by atoms with Gasteiger partial charge in [-0.15, -0.1) is 0 Å². The lowest BCUT2D eigenvalue weighted by atomic mass is 10.0. The van der Waals surface area contributed by atoms with E-state index in [1.165, 1.54) is 0 Å². The first-order valence-corrected chi connectivity index (χ1v) is 6.23. The summed E-state index contributed by atoms with van der Waals surface area (Å²) < 4.78 is 11.1. The van der Waals surface area contributed by atoms with E-state index in [-0.39, 0.29) is 5.78 Å². The summed E-state index contributed by atoms with van der Waals surface area (Å²) in [6.45, 7) is 4.03. The number of ketones is 1. The van der Waals surface area contributed by atoms with Crippen LogP contribution in [0.4, 0.5) is 0 Å². The number of methoxy groups -OCH3 is 2. The van der Waals surface area contributed by atoms with Crippen LogP contribution in [0.2, 0.25) is 0 Å². The third kappa shape index (κ3) is 3.46. The third-order valence-corrected chi connectivity index (χ3v) is 2.98. The molecule has 0 saturated carbocycles. The molecule has 0 heterocycles. The van der Waals surface area contributed by atoms with Gasteiger partial charge in [0.1, 0.15) is 11.5 Å². The maximum atomic E-state index is 12.1. The number of carbonyl (C=O) groups excluding carboxylic acids is 1. The van der Waals surface area contributed by atoms with Crippen LogP contribution in [0, 0.1) is 5.92 Å². The molecule has 17 heavy (non-hydrogen) atoms. The van der Waals surface area contributed by atoms with Crippen LogP contribution in [0.3, 0.4) is 0 Å². The van der Waals surface area contributed by atoms with E-state index in [0.717, 1.165) is 0 Å². The monoisotopic (exact) mass is 300 g/mol. The molecule has 94 valence electrons. The van der Waals surface area contributed by atoms with E-state index in [0.29, 0.717) is 33.9 Å². The van der Waals surface area contributed by atoms with E-state index < -0.39 is 0 Å². The normalized spacial score (nSPS) is 10.5. The van der Waals surface area contributed by atoms with Crippen molar-refractivity contribution in [1.82, 2.24) is 0 Å². The van der Waals surface area contributed by atoms with Gasteiger partial charge in [0.2, 0.25) is 0 Å². The fraction of sp³-hybridized carbons (Fsp3) is 0.462. The first-order chi connectivity index (χ1) is 7.99. The minimum atomic E-state index is 0.0754. The number of hydrogen-bond acceptors (Lipinski definition) is 3. The molecule has 0 unspecified atom stereocenters. The Bertz CT molecular complexity index is 413. The van der Waals surface area contributed by atoms with Gasteiger partial charge in [-0.2, -0.15) is 0 Å². The Hall–Kier alpha value is -1.03. The van der Waals surface area contributed by atoms with Crippen LogP contribution in [-0.4, -0.2) is 20.0 Å². The van der Waals surface area contributed by atoms with Crippen LogP contribution in [0.1, 0.15) is 30.6 Å². The summed E-state index contributed by atoms with van der Waals surface area (Å²) >= 11 is 3.39. The summed E-state index contributed by atoms with van der Waals surface area (Å²) in [5.74, 6) is 1.60. The number of hydrogen-bond donors (Lipinski definition) is 0. The molecular formula is C13H17BrO3. The van der Waals surface area contributed by atoms with Crippen LogP contribution < -0.4 is 9.47 Å². The lowest BCUT2D eigenvalue weighted by Crippen LogP contribution is -2.07. The summed E-state index contributed by atoms with van der Waals surface area (Å²) in [5, 5.41) is 0. The molecule has 0 radical (unpaired) electrons. The van der Waals surface area contributed by atoms with Crippen molar-refractivity contribution < 1.29 is 14.3 Å². The highest BCUT2D eigenvalue weighted by molar-refractivity contribution is 9.10. The van der Waals surface area contributed by atoms with Gasteiger partial charge < -0.3 is 9.47 Å². The van der Waals surface area contributed by atoms with E-state index in [9.17, 15) is 4.79 Å². The summed E-state index contributed by atoms with van der Waals surface area (Å²) in [6.07, 6.45) is 0.501. The lowest BCUT2D eigenvalue weighted by Gasteiger charge is -2.12. The van der Waals surface area contributed by atoms with Crippen molar-refractivity contribution in [2.45, 2.75) is 20.3 Å². The highest BCUT2D eigenvalue weighted by Crippen LogP contribution is 2.33. The molecule has 0 aliphatic rings. The van der Waals surface area contributed by atoms with Crippen LogP contribution in [0.15, 0.2) is 16.6 Å². The van der Waals surface area contributed by atoms with Gasteiger partial charge in [0.05, 0.1) is 19.8 Å². The second-order valence-electron chi connectivity index (χ2n) is 4.21. The molecule has 0 aliphatic heterocycles. The molecular weight excluding hydrogens is 284 g/mol. The summed E-state index contributed by atoms with van der Waals surface area (Å²) in [7, 11) is 3.13. The van der Waals surface area contributed by atoms with Gasteiger partial charge in [-0.25, -0.2) is 0 Å². The van der Waals surface area contributed by atoms with E-state index in [4.69, 9.17) is 9.47 Å². The summed E-state index contributed by atoms with van der Waals surface area (Å²) in [4.78, 5) is 12.1. The van der Waals surface area contributed by atoms with Gasteiger partial charge in [-0.05, 0) is 27.9 Å². The Morgan fingerprint density at radius 1 is 1.29 bits per heavy atom. The maximum Gasteiger partial charge on any atom is 0.168 e. The Kier molecular flexibility index (Phi) is 5.00. The lowest BCUT2D eigenvalue weighted by molar-refractivity contribution is 0.0964. The molecule has 4 heteroatoms. The zero-order valence-electron chi connectivity index (χ0n) is 10.5. The summed E-state index contributed by atoms with van der Waals surface area (Å²) in [5.41, 5.74) is 0.585. The molecule has 0 atom stereocenters. The Balaban J connectivity index is 3.18. The molecule has 0 bridgehead atoms. The molecule has 0 fully saturated rings. The molecule has 0 aromatic heterocycles. The molecule has 0 amide bonds. The van der Waals surface area contributed by atoms with Gasteiger partial charge in [-0.3, -0.25) is 4.79 Å². The smallest absolute Gasteiger partial charge is 0.168 e. The number of rotatable bonds is 5. The van der Waals surface area contributed by atoms with Gasteiger partial charge in [-0.1, -0.05) is 13.8 Å². The van der Waals surface area contributed by atoms with Crippen molar-refractivity contribution >= 4 is 21.7 Å². The molecule has 0 saturated heterocycles. The fourth-order valence-corrected chi connectivity index (χ4v) is 2.22. The highest BCUT2D eigenvalue weighted by atomic mass is 79.9. The van der Waals surface area contributed by atoms with E-state index in [2.05, 4.69) is 15.9 Å². The predicted molar refractivity (Wildman–Crippen MR) is 71.0 cm³/mol. The van der Waals surface area contributed by atoms with Crippen LogP contribution in [0.5, 0.6) is 11.5 Å². The average molecular weight is 301 g/mol. The molecule has 0 aliphatic carbocycles. The van der Waals surface area contributed by atoms with Crippen molar-refractivity contribution in [2.24, 2.45) is 5.92 Å². The predicted octanol–water partition coefficient (Wildman–Crippen LogP) is 3.70. The number of Topliss-reactive ketones (excluding diaryl/α,β-unsaturated/α-hetero) is 1. The minimum absolute atomic E-state index is 0.0754. The van der Waals surface area contributed by atoms with Gasteiger partial charge in [0, 0.05) is 17.0 Å². The molecule has 0 N–H and O–H groups in total. The zero-order chi connectivity index (χ0) is 13.0. The average Bonchev–Trinajstić information content (AvgIpc) is 2.26. The highest BCUT2D eigenvalue weighted by Gasteiger charge is 2.18. The van der Waals surface area contributed by atoms with Crippen molar-refractivity contribution in [1.29, 1.82) is 0 Å². The van der Waals surface area contributed by atoms with E-state index in [1.54, 1.807) is 26.4 Å². The van der Waals surface area contributed by atoms with Gasteiger partial charge >= 0.3 is 0 Å². The molecule has 1 aromatic rings. The van der Waals surface area contributed by atoms with Crippen LogP contribution in [0.25, 0.3) is 0 Å². The van der Waals surface area contributed by atoms with E-state index in [1.807, 2.05) is 13.8 Å². The van der Waals surface area contributed by atoms with Crippen molar-refractivity contribution in [3.05, 3.63) is 22.2 Å². The van der Waals surface area contributed by atoms with Crippen molar-refractivity contribution in [3.8, 4) is 11.5 Å². The van der Waals surface area contributed by atoms with Crippen molar-refractivity contribution in [3.63, 3.8) is 0 Å². The number of benzene rings is 1.